The molecule has 1 aromatic carbocycles. The fourth-order valence-electron chi connectivity index (χ4n) is 1.36. The predicted octanol–water partition coefficient (Wildman–Crippen LogP) is 2.78. The van der Waals surface area contributed by atoms with E-state index in [0.717, 1.165) is 13.0 Å². The smallest absolute Gasteiger partial charge is 0.127 e. The largest absolute Gasteiger partial charge is 0.254 e. The van der Waals surface area contributed by atoms with Crippen molar-refractivity contribution in [1.82, 2.24) is 9.78 Å². The van der Waals surface area contributed by atoms with Crippen molar-refractivity contribution >= 4 is 11.6 Å². The van der Waals surface area contributed by atoms with E-state index in [2.05, 4.69) is 17.2 Å². The van der Waals surface area contributed by atoms with Gasteiger partial charge in [0.1, 0.15) is 5.15 Å². The molecular formula is C11H11ClN2. The van der Waals surface area contributed by atoms with Crippen LogP contribution in [0.4, 0.5) is 0 Å². The fourth-order valence-corrected chi connectivity index (χ4v) is 1.55. The normalized spacial score (nSPS) is 10.4. The third-order valence-electron chi connectivity index (χ3n) is 2.12. The van der Waals surface area contributed by atoms with Crippen molar-refractivity contribution in [3.63, 3.8) is 0 Å². The zero-order chi connectivity index (χ0) is 9.80. The number of aromatic nitrogens is 2. The molecule has 72 valence electrons. The first-order chi connectivity index (χ1) is 6.86. The van der Waals surface area contributed by atoms with Crippen LogP contribution in [0.3, 0.4) is 0 Å². The molecule has 0 aliphatic carbocycles. The summed E-state index contributed by atoms with van der Waals surface area (Å²) in [7, 11) is 0. The van der Waals surface area contributed by atoms with Crippen molar-refractivity contribution in [3.8, 4) is 0 Å². The van der Waals surface area contributed by atoms with Crippen molar-refractivity contribution in [3.05, 3.63) is 53.3 Å². The van der Waals surface area contributed by atoms with Gasteiger partial charge in [-0.1, -0.05) is 41.9 Å². The lowest BCUT2D eigenvalue weighted by Crippen LogP contribution is -2.02. The second-order valence-corrected chi connectivity index (χ2v) is 3.50. The molecule has 0 atom stereocenters. The molecule has 0 saturated heterocycles. The second kappa shape index (κ2) is 4.29. The summed E-state index contributed by atoms with van der Waals surface area (Å²) < 4.78 is 1.80. The van der Waals surface area contributed by atoms with Gasteiger partial charge in [-0.05, 0) is 18.1 Å². The maximum Gasteiger partial charge on any atom is 0.127 e. The molecule has 0 unspecified atom stereocenters. The minimum absolute atomic E-state index is 0.695. The van der Waals surface area contributed by atoms with E-state index in [1.807, 2.05) is 18.2 Å². The monoisotopic (exact) mass is 206 g/mol. The van der Waals surface area contributed by atoms with Crippen molar-refractivity contribution in [2.24, 2.45) is 0 Å². The number of halogens is 1. The SMILES string of the molecule is Clc1ccnn1CCc1ccccc1. The number of aryl methyl sites for hydroxylation is 2. The molecule has 3 heteroatoms. The first kappa shape index (κ1) is 9.28. The Hall–Kier alpha value is -1.28. The zero-order valence-corrected chi connectivity index (χ0v) is 8.48. The van der Waals surface area contributed by atoms with Crippen LogP contribution in [0.1, 0.15) is 5.56 Å². The summed E-state index contributed by atoms with van der Waals surface area (Å²) in [5.41, 5.74) is 1.30. The molecule has 0 amide bonds. The van der Waals surface area contributed by atoms with Crippen LogP contribution >= 0.6 is 11.6 Å². The van der Waals surface area contributed by atoms with Gasteiger partial charge in [0.15, 0.2) is 0 Å². The molecule has 0 radical (unpaired) electrons. The first-order valence-electron chi connectivity index (χ1n) is 4.57. The van der Waals surface area contributed by atoms with Crippen LogP contribution in [-0.4, -0.2) is 9.78 Å². The molecule has 1 aromatic heterocycles. The van der Waals surface area contributed by atoms with E-state index in [1.54, 1.807) is 16.9 Å². The van der Waals surface area contributed by atoms with Crippen molar-refractivity contribution in [2.45, 2.75) is 13.0 Å². The number of nitrogens with zero attached hydrogens (tertiary/aromatic N) is 2. The molecule has 0 spiro atoms. The van der Waals surface area contributed by atoms with Crippen LogP contribution in [0.25, 0.3) is 0 Å². The maximum absolute atomic E-state index is 5.91. The molecule has 14 heavy (non-hydrogen) atoms. The lowest BCUT2D eigenvalue weighted by Gasteiger charge is -2.02. The molecule has 1 heterocycles. The maximum atomic E-state index is 5.91. The van der Waals surface area contributed by atoms with Gasteiger partial charge in [0.25, 0.3) is 0 Å². The number of rotatable bonds is 3. The molecule has 2 aromatic rings. The molecule has 0 fully saturated rings. The summed E-state index contributed by atoms with van der Waals surface area (Å²) in [5, 5.41) is 4.81. The van der Waals surface area contributed by atoms with Gasteiger partial charge in [0.2, 0.25) is 0 Å². The molecule has 2 nitrogen and oxygen atoms in total. The van der Waals surface area contributed by atoms with E-state index in [4.69, 9.17) is 11.6 Å². The molecule has 0 N–H and O–H groups in total. The summed E-state index contributed by atoms with van der Waals surface area (Å²) in [6.07, 6.45) is 2.68. The number of hydrogen-bond acceptors (Lipinski definition) is 1. The first-order valence-corrected chi connectivity index (χ1v) is 4.95. The van der Waals surface area contributed by atoms with Crippen molar-refractivity contribution in [1.29, 1.82) is 0 Å². The average molecular weight is 207 g/mol. The zero-order valence-electron chi connectivity index (χ0n) is 7.73. The quantitative estimate of drug-likeness (QED) is 0.755. The highest BCUT2D eigenvalue weighted by Gasteiger charge is 1.98. The highest BCUT2D eigenvalue weighted by Crippen LogP contribution is 2.08. The van der Waals surface area contributed by atoms with Crippen molar-refractivity contribution in [2.75, 3.05) is 0 Å². The Kier molecular flexibility index (Phi) is 2.84. The van der Waals surface area contributed by atoms with E-state index in [1.165, 1.54) is 5.56 Å². The Morgan fingerprint density at radius 1 is 1.14 bits per heavy atom. The van der Waals surface area contributed by atoms with Crippen LogP contribution in [0.2, 0.25) is 5.15 Å². The number of benzene rings is 1. The molecule has 0 aliphatic heterocycles. The Morgan fingerprint density at radius 3 is 2.57 bits per heavy atom. The van der Waals surface area contributed by atoms with E-state index >= 15 is 0 Å². The lowest BCUT2D eigenvalue weighted by molar-refractivity contribution is 0.616. The van der Waals surface area contributed by atoms with E-state index < -0.39 is 0 Å². The van der Waals surface area contributed by atoms with E-state index in [-0.39, 0.29) is 0 Å². The lowest BCUT2D eigenvalue weighted by atomic mass is 10.1. The molecule has 0 bridgehead atoms. The van der Waals surface area contributed by atoms with Gasteiger partial charge in [-0.25, -0.2) is 0 Å². The Labute approximate surface area is 88.1 Å². The number of hydrogen-bond donors (Lipinski definition) is 0. The van der Waals surface area contributed by atoms with Gasteiger partial charge in [-0.3, -0.25) is 4.68 Å². The standard InChI is InChI=1S/C11H11ClN2/c12-11-6-8-13-14(11)9-7-10-4-2-1-3-5-10/h1-6,8H,7,9H2. The topological polar surface area (TPSA) is 17.8 Å². The van der Waals surface area contributed by atoms with Crippen LogP contribution in [-0.2, 0) is 13.0 Å². The summed E-state index contributed by atoms with van der Waals surface area (Å²) in [5.74, 6) is 0. The Bertz CT molecular complexity index is 395. The van der Waals surface area contributed by atoms with E-state index in [0.29, 0.717) is 5.15 Å². The predicted molar refractivity (Wildman–Crippen MR) is 57.4 cm³/mol. The van der Waals surface area contributed by atoms with E-state index in [9.17, 15) is 0 Å². The van der Waals surface area contributed by atoms with Crippen LogP contribution in [0, 0.1) is 0 Å². The van der Waals surface area contributed by atoms with Gasteiger partial charge in [-0.2, -0.15) is 5.10 Å². The van der Waals surface area contributed by atoms with Gasteiger partial charge >= 0.3 is 0 Å². The average Bonchev–Trinajstić information content (AvgIpc) is 2.63. The Morgan fingerprint density at radius 2 is 1.93 bits per heavy atom. The highest BCUT2D eigenvalue weighted by molar-refractivity contribution is 6.29. The van der Waals surface area contributed by atoms with Crippen molar-refractivity contribution < 1.29 is 0 Å². The van der Waals surface area contributed by atoms with Gasteiger partial charge in [0, 0.05) is 6.54 Å². The second-order valence-electron chi connectivity index (χ2n) is 3.11. The summed E-state index contributed by atoms with van der Waals surface area (Å²) in [6, 6.07) is 12.1. The summed E-state index contributed by atoms with van der Waals surface area (Å²) in [6.45, 7) is 0.829. The summed E-state index contributed by atoms with van der Waals surface area (Å²) in [4.78, 5) is 0. The highest BCUT2D eigenvalue weighted by atomic mass is 35.5. The minimum Gasteiger partial charge on any atom is -0.254 e. The molecular weight excluding hydrogens is 196 g/mol. The third-order valence-corrected chi connectivity index (χ3v) is 2.44. The van der Waals surface area contributed by atoms with Crippen LogP contribution < -0.4 is 0 Å². The van der Waals surface area contributed by atoms with Gasteiger partial charge in [0.05, 0.1) is 6.20 Å². The fraction of sp³-hybridized carbons (Fsp3) is 0.182. The van der Waals surface area contributed by atoms with Gasteiger partial charge in [-0.15, -0.1) is 0 Å². The molecule has 2 rings (SSSR count). The Balaban J connectivity index is 1.99. The van der Waals surface area contributed by atoms with Crippen LogP contribution in [0.5, 0.6) is 0 Å². The molecule has 0 aliphatic rings. The van der Waals surface area contributed by atoms with Gasteiger partial charge < -0.3 is 0 Å². The van der Waals surface area contributed by atoms with Crippen LogP contribution in [0.15, 0.2) is 42.6 Å². The third kappa shape index (κ3) is 2.15. The summed E-state index contributed by atoms with van der Waals surface area (Å²) >= 11 is 5.91. The molecule has 0 saturated carbocycles. The minimum atomic E-state index is 0.695.